The maximum absolute atomic E-state index is 12.7. The van der Waals surface area contributed by atoms with E-state index in [-0.39, 0.29) is 68.6 Å². The number of carbonyl (C=O) groups excluding carboxylic acids is 4. The van der Waals surface area contributed by atoms with Crippen LogP contribution in [0.15, 0.2) is 121 Å². The van der Waals surface area contributed by atoms with E-state index >= 15 is 0 Å². The summed E-state index contributed by atoms with van der Waals surface area (Å²) < 4.78 is 0. The zero-order valence-corrected chi connectivity index (χ0v) is 36.3. The molecule has 7 aromatic rings. The van der Waals surface area contributed by atoms with Crippen molar-refractivity contribution in [1.29, 1.82) is 0 Å². The number of fused-ring (bicyclic) bond motifs is 20. The molecule has 0 fully saturated rings. The van der Waals surface area contributed by atoms with Gasteiger partial charge in [0.1, 0.15) is 22.6 Å². The molecule has 0 spiro atoms. The van der Waals surface area contributed by atoms with E-state index in [1.807, 2.05) is 0 Å². The van der Waals surface area contributed by atoms with Gasteiger partial charge in [0, 0.05) is 115 Å². The number of hydrogen-bond acceptors (Lipinski definition) is 14. The molecule has 2 aliphatic heterocycles. The number of amides is 4. The molecule has 24 nitrogen and oxygen atoms in total. The number of aliphatic carboxylic acids is 4. The molecule has 0 saturated carbocycles. The van der Waals surface area contributed by atoms with Crippen LogP contribution < -0.4 is 21.3 Å². The number of anilines is 4. The predicted molar refractivity (Wildman–Crippen MR) is 258 cm³/mol. The van der Waals surface area contributed by atoms with Crippen LogP contribution in [0.3, 0.4) is 0 Å². The second kappa shape index (κ2) is 18.9. The summed E-state index contributed by atoms with van der Waals surface area (Å²) in [5.74, 6) is -7.94. The second-order valence-corrected chi connectivity index (χ2v) is 15.3. The first-order chi connectivity index (χ1) is 34.5. The Morgan fingerprint density at radius 3 is 0.931 bits per heavy atom. The topological polar surface area (TPSA) is 375 Å². The highest BCUT2D eigenvalue weighted by atomic mass is 16.4. The molecule has 4 amide bonds. The van der Waals surface area contributed by atoms with E-state index in [2.05, 4.69) is 31.2 Å². The molecule has 0 atom stereocenters. The number of carboxylic acids is 4. The Bertz CT molecular complexity index is 3640. The molecule has 9 rings (SSSR count). The van der Waals surface area contributed by atoms with Gasteiger partial charge in [-0.1, -0.05) is 0 Å². The van der Waals surface area contributed by atoms with Crippen molar-refractivity contribution < 1.29 is 58.8 Å². The number of H-pyrrole nitrogens is 2. The lowest BCUT2D eigenvalue weighted by atomic mass is 10.1. The van der Waals surface area contributed by atoms with Crippen molar-refractivity contribution in [2.45, 2.75) is 0 Å². The Morgan fingerprint density at radius 2 is 0.611 bits per heavy atom. The number of aromatic nitrogens is 8. The maximum atomic E-state index is 12.7. The van der Waals surface area contributed by atoms with Crippen molar-refractivity contribution in [1.82, 2.24) is 39.9 Å². The van der Waals surface area contributed by atoms with E-state index < -0.39 is 47.5 Å². The van der Waals surface area contributed by atoms with Gasteiger partial charge in [-0.3, -0.25) is 19.2 Å². The fourth-order valence-electron chi connectivity index (χ4n) is 7.43. The van der Waals surface area contributed by atoms with Gasteiger partial charge in [0.15, 0.2) is 23.3 Å². The summed E-state index contributed by atoms with van der Waals surface area (Å²) >= 11 is 0. The normalized spacial score (nSPS) is 11.8. The Hall–Kier alpha value is -11.0. The standard InChI is InChI=1S/C48H30N12O12/c61-33(9-13-37(65)66)49-21-1-5-25-29(17-21)45-53-41(25)57-46-30-18-22(50-34(62)10-14-38(67)68)2-6-26(30)43(54-46)59-48-32-20-24(52-36(64)12-16-40(71)72)4-8-28(32)44(56-48)60-47-31-19-23(51-35(63)11-15-39(69)70)3-7-27(31)42(55-47)58-45/h1-20H,(H,49,61)(H,50,62)(H,51,63)(H,52,64)(H,65,66)(H,67,68)(H,69,70)(H,71,72)(H2,53,54,55,56,57,58,59,60)/b13-9+,14-10+,15-11+,16-12+. The maximum Gasteiger partial charge on any atom is 0.328 e. The molecule has 2 aliphatic rings. The van der Waals surface area contributed by atoms with E-state index in [9.17, 15) is 38.4 Å². The van der Waals surface area contributed by atoms with Crippen molar-refractivity contribution in [2.75, 3.05) is 21.3 Å². The number of carboxylic acid groups (broad SMARTS) is 4. The largest absolute Gasteiger partial charge is 0.478 e. The highest BCUT2D eigenvalue weighted by Gasteiger charge is 2.24. The molecule has 5 heterocycles. The Balaban J connectivity index is 1.33. The van der Waals surface area contributed by atoms with Crippen LogP contribution in [0.2, 0.25) is 0 Å². The number of hydrogen-bond donors (Lipinski definition) is 10. The van der Waals surface area contributed by atoms with E-state index in [1.54, 1.807) is 72.8 Å². The molecule has 0 unspecified atom stereocenters. The Labute approximate surface area is 400 Å². The average molecular weight is 967 g/mol. The van der Waals surface area contributed by atoms with Crippen LogP contribution in [0.5, 0.6) is 0 Å². The number of nitrogens with zero attached hydrogens (tertiary/aromatic N) is 6. The van der Waals surface area contributed by atoms with Crippen LogP contribution in [-0.2, 0) is 38.4 Å². The van der Waals surface area contributed by atoms with Gasteiger partial charge < -0.3 is 51.7 Å². The summed E-state index contributed by atoms with van der Waals surface area (Å²) in [6.07, 6.45) is 6.08. The summed E-state index contributed by atoms with van der Waals surface area (Å²) in [5, 5.41) is 48.4. The fourth-order valence-corrected chi connectivity index (χ4v) is 7.43. The molecule has 354 valence electrons. The van der Waals surface area contributed by atoms with Crippen molar-refractivity contribution in [3.8, 4) is 45.6 Å². The van der Waals surface area contributed by atoms with E-state index in [0.29, 0.717) is 68.1 Å². The summed E-state index contributed by atoms with van der Waals surface area (Å²) in [6, 6.07) is 18.9. The third-order valence-corrected chi connectivity index (χ3v) is 10.4. The van der Waals surface area contributed by atoms with Crippen molar-refractivity contribution in [3.05, 3.63) is 121 Å². The molecule has 24 heteroatoms. The summed E-state index contributed by atoms with van der Waals surface area (Å²) in [5.41, 5.74) is 3.23. The number of benzene rings is 4. The number of nitrogens with one attached hydrogen (secondary N) is 6. The predicted octanol–water partition coefficient (Wildman–Crippen LogP) is 5.19. The van der Waals surface area contributed by atoms with Gasteiger partial charge in [-0.05, 0) is 72.8 Å². The van der Waals surface area contributed by atoms with Gasteiger partial charge in [0.2, 0.25) is 23.6 Å². The van der Waals surface area contributed by atoms with Crippen LogP contribution in [0.25, 0.3) is 89.7 Å². The van der Waals surface area contributed by atoms with Gasteiger partial charge in [0.05, 0.1) is 0 Å². The fraction of sp³-hybridized carbons (Fsp3) is 0. The molecule has 72 heavy (non-hydrogen) atoms. The number of aromatic amines is 2. The molecular weight excluding hydrogens is 937 g/mol. The zero-order chi connectivity index (χ0) is 50.8. The van der Waals surface area contributed by atoms with Crippen LogP contribution >= 0.6 is 0 Å². The second-order valence-electron chi connectivity index (χ2n) is 15.3. The van der Waals surface area contributed by atoms with E-state index in [1.165, 1.54) is 0 Å². The summed E-state index contributed by atoms with van der Waals surface area (Å²) in [6.45, 7) is 0. The van der Waals surface area contributed by atoms with Gasteiger partial charge in [0.25, 0.3) is 0 Å². The molecule has 0 aliphatic carbocycles. The van der Waals surface area contributed by atoms with Crippen LogP contribution in [0.4, 0.5) is 22.7 Å². The van der Waals surface area contributed by atoms with Gasteiger partial charge in [-0.15, -0.1) is 0 Å². The first-order valence-corrected chi connectivity index (χ1v) is 20.8. The smallest absolute Gasteiger partial charge is 0.328 e. The summed E-state index contributed by atoms with van der Waals surface area (Å²) in [7, 11) is 0. The highest BCUT2D eigenvalue weighted by Crippen LogP contribution is 2.39. The van der Waals surface area contributed by atoms with Crippen molar-refractivity contribution in [3.63, 3.8) is 0 Å². The first-order valence-electron chi connectivity index (χ1n) is 20.8. The van der Waals surface area contributed by atoms with E-state index in [0.717, 1.165) is 24.3 Å². The van der Waals surface area contributed by atoms with Gasteiger partial charge >= 0.3 is 23.9 Å². The van der Waals surface area contributed by atoms with Crippen LogP contribution in [0, 0.1) is 0 Å². The third kappa shape index (κ3) is 9.97. The molecule has 3 aromatic heterocycles. The minimum absolute atomic E-state index is 0.0739. The molecule has 4 aromatic carbocycles. The zero-order valence-electron chi connectivity index (χ0n) is 36.3. The molecule has 0 saturated heterocycles. The molecular formula is C48H30N12O12. The van der Waals surface area contributed by atoms with Gasteiger partial charge in [-0.2, -0.15) is 0 Å². The lowest BCUT2D eigenvalue weighted by Gasteiger charge is -2.05. The monoisotopic (exact) mass is 966 g/mol. The van der Waals surface area contributed by atoms with Crippen molar-refractivity contribution >= 4 is 114 Å². The van der Waals surface area contributed by atoms with Crippen LogP contribution in [0.1, 0.15) is 0 Å². The molecule has 0 radical (unpaired) electrons. The summed E-state index contributed by atoms with van der Waals surface area (Å²) in [4.78, 5) is 131. The highest BCUT2D eigenvalue weighted by molar-refractivity contribution is 6.11. The molecule has 10 N–H and O–H groups in total. The minimum Gasteiger partial charge on any atom is -0.478 e. The van der Waals surface area contributed by atoms with Crippen LogP contribution in [-0.4, -0.2) is 108 Å². The average Bonchev–Trinajstić information content (AvgIpc) is 4.06. The van der Waals surface area contributed by atoms with Gasteiger partial charge in [-0.25, -0.2) is 49.1 Å². The SMILES string of the molecule is O=C(O)/C=C/C(=O)Nc1ccc2c(c1)-c1nc-2nc2[nH]c(nc3nc(nc4[nH]c(n1)c1ccc(NC(=O)/C=C/C(=O)O)cc41)-c1ccc(NC(=O)/C=C/C(=O)O)cc1-3)c1ccc(NC(=O)/C=C/C(=O)O)cc21. The molecule has 8 bridgehead atoms. The lowest BCUT2D eigenvalue weighted by Crippen LogP contribution is -2.08. The van der Waals surface area contributed by atoms with E-state index in [4.69, 9.17) is 50.3 Å². The lowest BCUT2D eigenvalue weighted by molar-refractivity contribution is -0.132. The third-order valence-electron chi connectivity index (χ3n) is 10.4. The number of carbonyl (C=O) groups is 8. The quantitative estimate of drug-likeness (QED) is 0.0704. The Kier molecular flexibility index (Phi) is 12.1. The minimum atomic E-state index is -1.33. The van der Waals surface area contributed by atoms with Crippen molar-refractivity contribution in [2.24, 2.45) is 0 Å². The first kappa shape index (κ1) is 46.1. The number of rotatable bonds is 12. The Morgan fingerprint density at radius 1 is 0.333 bits per heavy atom.